The van der Waals surface area contributed by atoms with E-state index in [1.165, 1.54) is 5.56 Å². The van der Waals surface area contributed by atoms with Crippen molar-refractivity contribution in [1.29, 1.82) is 0 Å². The van der Waals surface area contributed by atoms with Crippen molar-refractivity contribution in [3.05, 3.63) is 60.2 Å². The number of nitrogens with one attached hydrogen (secondary N) is 2. The Hall–Kier alpha value is -2.40. The van der Waals surface area contributed by atoms with Gasteiger partial charge in [-0.1, -0.05) is 50.1 Å². The third kappa shape index (κ3) is 7.66. The van der Waals surface area contributed by atoms with E-state index in [-0.39, 0.29) is 5.91 Å². The minimum Gasteiger partial charge on any atom is -0.493 e. The maximum absolute atomic E-state index is 11.7. The van der Waals surface area contributed by atoms with Crippen LogP contribution in [0, 0.1) is 0 Å². The van der Waals surface area contributed by atoms with Gasteiger partial charge in [0, 0.05) is 18.5 Å². The van der Waals surface area contributed by atoms with Crippen molar-refractivity contribution in [1.82, 2.24) is 5.32 Å². The molecule has 0 aliphatic carbocycles. The molecule has 2 rings (SSSR count). The smallest absolute Gasteiger partial charge is 0.226 e. The van der Waals surface area contributed by atoms with Gasteiger partial charge < -0.3 is 15.4 Å². The largest absolute Gasteiger partial charge is 0.493 e. The summed E-state index contributed by atoms with van der Waals surface area (Å²) in [5.41, 5.74) is 2.07. The van der Waals surface area contributed by atoms with E-state index in [1.54, 1.807) is 0 Å². The topological polar surface area (TPSA) is 50.4 Å². The molecule has 2 aromatic rings. The molecule has 0 saturated carbocycles. The number of benzene rings is 2. The molecule has 0 unspecified atom stereocenters. The van der Waals surface area contributed by atoms with Gasteiger partial charge >= 0.3 is 0 Å². The van der Waals surface area contributed by atoms with Crippen LogP contribution in [0.4, 0.5) is 5.69 Å². The van der Waals surface area contributed by atoms with Gasteiger partial charge in [-0.2, -0.15) is 0 Å². The normalized spacial score (nSPS) is 10.2. The lowest BCUT2D eigenvalue weighted by Crippen LogP contribution is -2.33. The number of amides is 1. The van der Waals surface area contributed by atoms with E-state index in [1.807, 2.05) is 42.5 Å². The van der Waals surface area contributed by atoms with Gasteiger partial charge in [0.25, 0.3) is 0 Å². The maximum atomic E-state index is 11.7. The molecule has 2 N–H and O–H groups in total. The molecule has 2 aromatic carbocycles. The number of hydrogen-bond acceptors (Lipinski definition) is 3. The molecule has 0 bridgehead atoms. The van der Waals surface area contributed by atoms with Crippen LogP contribution in [0.25, 0.3) is 0 Å². The fraction of sp³-hybridized carbons (Fsp3) is 0.333. The Kier molecular flexibility index (Phi) is 8.63. The summed E-state index contributed by atoms with van der Waals surface area (Å²) >= 11 is 5.17. The number of carbonyl (C=O) groups is 1. The van der Waals surface area contributed by atoms with E-state index in [0.29, 0.717) is 18.1 Å². The molecule has 0 fully saturated rings. The standard InChI is InChI=1S/C21H26N2O2S/c1-2-3-5-10-20(24)23-21(26)22-18-11-13-19(14-12-18)25-16-15-17-8-6-4-7-9-17/h4,6-9,11-14H,2-3,5,10,15-16H2,1H3,(H2,22,23,24,26). The summed E-state index contributed by atoms with van der Waals surface area (Å²) in [5.74, 6) is 0.762. The average Bonchev–Trinajstić information content (AvgIpc) is 2.64. The summed E-state index contributed by atoms with van der Waals surface area (Å²) < 4.78 is 5.76. The fourth-order valence-corrected chi connectivity index (χ4v) is 2.68. The van der Waals surface area contributed by atoms with Crippen LogP contribution < -0.4 is 15.4 Å². The highest BCUT2D eigenvalue weighted by atomic mass is 32.1. The zero-order valence-electron chi connectivity index (χ0n) is 15.2. The summed E-state index contributed by atoms with van der Waals surface area (Å²) in [6.45, 7) is 2.74. The summed E-state index contributed by atoms with van der Waals surface area (Å²) in [4.78, 5) is 11.7. The summed E-state index contributed by atoms with van der Waals surface area (Å²) in [7, 11) is 0. The second-order valence-corrected chi connectivity index (χ2v) is 6.48. The first-order valence-electron chi connectivity index (χ1n) is 9.05. The van der Waals surface area contributed by atoms with Crippen molar-refractivity contribution >= 4 is 28.9 Å². The van der Waals surface area contributed by atoms with Gasteiger partial charge in [0.05, 0.1) is 6.61 Å². The molecule has 4 nitrogen and oxygen atoms in total. The zero-order valence-corrected chi connectivity index (χ0v) is 16.0. The van der Waals surface area contributed by atoms with Crippen molar-refractivity contribution in [2.75, 3.05) is 11.9 Å². The Morgan fingerprint density at radius 1 is 1.04 bits per heavy atom. The minimum absolute atomic E-state index is 0.0446. The molecule has 5 heteroatoms. The van der Waals surface area contributed by atoms with Crippen LogP contribution in [0.3, 0.4) is 0 Å². The average molecular weight is 371 g/mol. The summed E-state index contributed by atoms with van der Waals surface area (Å²) in [6.07, 6.45) is 4.41. The molecule has 0 aliphatic rings. The quantitative estimate of drug-likeness (QED) is 0.496. The Labute approximate surface area is 161 Å². The molecule has 0 saturated heterocycles. The van der Waals surface area contributed by atoms with Gasteiger partial charge in [0.2, 0.25) is 5.91 Å². The molecular weight excluding hydrogens is 344 g/mol. The number of anilines is 1. The highest BCUT2D eigenvalue weighted by Gasteiger charge is 2.05. The highest BCUT2D eigenvalue weighted by molar-refractivity contribution is 7.80. The lowest BCUT2D eigenvalue weighted by atomic mass is 10.2. The van der Waals surface area contributed by atoms with E-state index in [0.717, 1.165) is 37.1 Å². The van der Waals surface area contributed by atoms with Crippen molar-refractivity contribution in [2.45, 2.75) is 39.0 Å². The van der Waals surface area contributed by atoms with E-state index >= 15 is 0 Å². The van der Waals surface area contributed by atoms with Gasteiger partial charge in [-0.05, 0) is 48.5 Å². The molecule has 0 heterocycles. The van der Waals surface area contributed by atoms with Crippen LogP contribution in [0.5, 0.6) is 5.75 Å². The molecule has 0 aromatic heterocycles. The van der Waals surface area contributed by atoms with Crippen molar-refractivity contribution < 1.29 is 9.53 Å². The molecule has 0 spiro atoms. The lowest BCUT2D eigenvalue weighted by Gasteiger charge is -2.11. The van der Waals surface area contributed by atoms with Crippen LogP contribution in [-0.2, 0) is 11.2 Å². The van der Waals surface area contributed by atoms with E-state index < -0.39 is 0 Å². The number of ether oxygens (including phenoxy) is 1. The van der Waals surface area contributed by atoms with Crippen LogP contribution in [-0.4, -0.2) is 17.6 Å². The zero-order chi connectivity index (χ0) is 18.6. The predicted octanol–water partition coefficient (Wildman–Crippen LogP) is 4.70. The molecule has 1 amide bonds. The first-order chi connectivity index (χ1) is 12.7. The summed E-state index contributed by atoms with van der Waals surface area (Å²) in [5, 5.41) is 6.04. The van der Waals surface area contributed by atoms with Crippen molar-refractivity contribution in [3.8, 4) is 5.75 Å². The predicted molar refractivity (Wildman–Crippen MR) is 111 cm³/mol. The molecule has 138 valence electrons. The fourth-order valence-electron chi connectivity index (χ4n) is 2.45. The Balaban J connectivity index is 1.71. The van der Waals surface area contributed by atoms with E-state index in [2.05, 4.69) is 29.7 Å². The summed E-state index contributed by atoms with van der Waals surface area (Å²) in [6, 6.07) is 17.8. The Morgan fingerprint density at radius 3 is 2.46 bits per heavy atom. The molecule has 0 atom stereocenters. The van der Waals surface area contributed by atoms with Gasteiger partial charge in [0.1, 0.15) is 5.75 Å². The van der Waals surface area contributed by atoms with Gasteiger partial charge in [-0.25, -0.2) is 0 Å². The van der Waals surface area contributed by atoms with Crippen LogP contribution in [0.15, 0.2) is 54.6 Å². The van der Waals surface area contributed by atoms with Gasteiger partial charge in [0.15, 0.2) is 5.11 Å². The maximum Gasteiger partial charge on any atom is 0.226 e. The highest BCUT2D eigenvalue weighted by Crippen LogP contribution is 2.16. The monoisotopic (exact) mass is 370 g/mol. The van der Waals surface area contributed by atoms with Crippen molar-refractivity contribution in [3.63, 3.8) is 0 Å². The van der Waals surface area contributed by atoms with Gasteiger partial charge in [-0.15, -0.1) is 0 Å². The number of carbonyl (C=O) groups excluding carboxylic acids is 1. The molecular formula is C21H26N2O2S. The number of hydrogen-bond donors (Lipinski definition) is 2. The third-order valence-electron chi connectivity index (χ3n) is 3.87. The first kappa shape index (κ1) is 19.9. The van der Waals surface area contributed by atoms with Crippen LogP contribution >= 0.6 is 12.2 Å². The lowest BCUT2D eigenvalue weighted by molar-refractivity contribution is -0.119. The van der Waals surface area contributed by atoms with E-state index in [9.17, 15) is 4.79 Å². The van der Waals surface area contributed by atoms with Crippen LogP contribution in [0.1, 0.15) is 38.2 Å². The van der Waals surface area contributed by atoms with E-state index in [4.69, 9.17) is 17.0 Å². The molecule has 0 aliphatic heterocycles. The number of thiocarbonyl (C=S) groups is 1. The number of unbranched alkanes of at least 4 members (excludes halogenated alkanes) is 2. The SMILES string of the molecule is CCCCCC(=O)NC(=S)Nc1ccc(OCCc2ccccc2)cc1. The number of rotatable bonds is 9. The second kappa shape index (κ2) is 11.3. The van der Waals surface area contributed by atoms with Gasteiger partial charge in [-0.3, -0.25) is 4.79 Å². The molecule has 26 heavy (non-hydrogen) atoms. The first-order valence-corrected chi connectivity index (χ1v) is 9.46. The third-order valence-corrected chi connectivity index (χ3v) is 4.08. The Bertz CT molecular complexity index is 687. The second-order valence-electron chi connectivity index (χ2n) is 6.07. The Morgan fingerprint density at radius 2 is 1.77 bits per heavy atom. The molecule has 0 radical (unpaired) electrons. The van der Waals surface area contributed by atoms with Crippen molar-refractivity contribution in [2.24, 2.45) is 0 Å². The van der Waals surface area contributed by atoms with Crippen LogP contribution in [0.2, 0.25) is 0 Å². The minimum atomic E-state index is -0.0446.